The molecule has 0 aromatic heterocycles. The molecule has 114 valence electrons. The fraction of sp³-hybridized carbons (Fsp3) is 1.00. The molecular formula is C17H36N2. The molecule has 1 heterocycles. The first kappa shape index (κ1) is 17.0. The topological polar surface area (TPSA) is 15.3 Å². The zero-order valence-electron chi connectivity index (χ0n) is 13.8. The summed E-state index contributed by atoms with van der Waals surface area (Å²) in [6.45, 7) is 15.7. The minimum atomic E-state index is 0.461. The predicted molar refractivity (Wildman–Crippen MR) is 85.6 cm³/mol. The average molecular weight is 268 g/mol. The first-order valence-electron chi connectivity index (χ1n) is 8.56. The molecule has 1 aliphatic rings. The Morgan fingerprint density at radius 1 is 1.11 bits per heavy atom. The molecule has 0 aromatic rings. The average Bonchev–Trinajstić information content (AvgIpc) is 2.40. The van der Waals surface area contributed by atoms with Crippen LogP contribution in [0.25, 0.3) is 0 Å². The van der Waals surface area contributed by atoms with Crippen molar-refractivity contribution in [3.63, 3.8) is 0 Å². The summed E-state index contributed by atoms with van der Waals surface area (Å²) in [7, 11) is 0. The molecule has 2 nitrogen and oxygen atoms in total. The zero-order chi connectivity index (χ0) is 14.1. The van der Waals surface area contributed by atoms with Gasteiger partial charge in [0.2, 0.25) is 0 Å². The van der Waals surface area contributed by atoms with Crippen molar-refractivity contribution in [1.82, 2.24) is 10.2 Å². The van der Waals surface area contributed by atoms with Crippen molar-refractivity contribution in [1.29, 1.82) is 0 Å². The van der Waals surface area contributed by atoms with Crippen LogP contribution in [0.1, 0.15) is 66.2 Å². The van der Waals surface area contributed by atoms with Gasteiger partial charge in [0.25, 0.3) is 0 Å². The van der Waals surface area contributed by atoms with Crippen LogP contribution in [0.4, 0.5) is 0 Å². The van der Waals surface area contributed by atoms with Gasteiger partial charge in [0.1, 0.15) is 0 Å². The van der Waals surface area contributed by atoms with E-state index in [1.165, 1.54) is 64.7 Å². The summed E-state index contributed by atoms with van der Waals surface area (Å²) in [6, 6.07) is 0. The number of hydrogen-bond donors (Lipinski definition) is 1. The summed E-state index contributed by atoms with van der Waals surface area (Å²) in [5, 5.41) is 3.64. The largest absolute Gasteiger partial charge is 0.316 e. The lowest BCUT2D eigenvalue weighted by Gasteiger charge is -2.39. The van der Waals surface area contributed by atoms with Crippen molar-refractivity contribution in [2.24, 2.45) is 11.3 Å². The van der Waals surface area contributed by atoms with Crippen molar-refractivity contribution < 1.29 is 0 Å². The first-order chi connectivity index (χ1) is 9.13. The molecule has 0 amide bonds. The Hall–Kier alpha value is -0.0800. The van der Waals surface area contributed by atoms with Gasteiger partial charge in [0.05, 0.1) is 0 Å². The second-order valence-corrected chi connectivity index (χ2v) is 6.87. The van der Waals surface area contributed by atoms with E-state index in [1.807, 2.05) is 0 Å². The molecule has 1 fully saturated rings. The van der Waals surface area contributed by atoms with Crippen LogP contribution in [-0.4, -0.2) is 37.6 Å². The molecular weight excluding hydrogens is 232 g/mol. The lowest BCUT2D eigenvalue weighted by atomic mass is 9.83. The van der Waals surface area contributed by atoms with Crippen LogP contribution in [0.15, 0.2) is 0 Å². The van der Waals surface area contributed by atoms with Crippen LogP contribution < -0.4 is 5.32 Å². The Labute approximate surface area is 121 Å². The highest BCUT2D eigenvalue weighted by Crippen LogP contribution is 2.27. The smallest absolute Gasteiger partial charge is 0.00475 e. The highest BCUT2D eigenvalue weighted by Gasteiger charge is 2.28. The molecule has 1 atom stereocenters. The molecule has 1 saturated heterocycles. The number of nitrogens with zero attached hydrogens (tertiary/aromatic N) is 1. The van der Waals surface area contributed by atoms with Gasteiger partial charge in [-0.3, -0.25) is 0 Å². The van der Waals surface area contributed by atoms with E-state index in [1.54, 1.807) is 0 Å². The third-order valence-corrected chi connectivity index (χ3v) is 4.72. The second kappa shape index (κ2) is 8.97. The van der Waals surface area contributed by atoms with Crippen LogP contribution in [-0.2, 0) is 0 Å². The maximum absolute atomic E-state index is 3.64. The summed E-state index contributed by atoms with van der Waals surface area (Å²) in [5.74, 6) is 0.992. The van der Waals surface area contributed by atoms with E-state index < -0.39 is 0 Å². The molecule has 1 unspecified atom stereocenters. The molecule has 1 rings (SSSR count). The second-order valence-electron chi connectivity index (χ2n) is 6.87. The van der Waals surface area contributed by atoms with Crippen molar-refractivity contribution >= 4 is 0 Å². The van der Waals surface area contributed by atoms with E-state index in [0.29, 0.717) is 5.41 Å². The number of hydrogen-bond acceptors (Lipinski definition) is 2. The van der Waals surface area contributed by atoms with Gasteiger partial charge in [-0.2, -0.15) is 0 Å². The third-order valence-electron chi connectivity index (χ3n) is 4.72. The van der Waals surface area contributed by atoms with Crippen LogP contribution in [0.3, 0.4) is 0 Å². The Kier molecular flexibility index (Phi) is 8.01. The minimum Gasteiger partial charge on any atom is -0.316 e. The van der Waals surface area contributed by atoms with Gasteiger partial charge < -0.3 is 10.2 Å². The van der Waals surface area contributed by atoms with Crippen molar-refractivity contribution in [2.45, 2.75) is 66.2 Å². The van der Waals surface area contributed by atoms with Gasteiger partial charge in [-0.05, 0) is 56.7 Å². The monoisotopic (exact) mass is 268 g/mol. The van der Waals surface area contributed by atoms with E-state index in [0.717, 1.165) is 12.5 Å². The van der Waals surface area contributed by atoms with Crippen LogP contribution in [0.5, 0.6) is 0 Å². The predicted octanol–water partition coefficient (Wildman–Crippen LogP) is 3.91. The molecule has 2 heteroatoms. The van der Waals surface area contributed by atoms with Gasteiger partial charge in [-0.15, -0.1) is 0 Å². The summed E-state index contributed by atoms with van der Waals surface area (Å²) in [6.07, 6.45) is 8.09. The van der Waals surface area contributed by atoms with Gasteiger partial charge >= 0.3 is 0 Å². The number of piperidine rings is 1. The Morgan fingerprint density at radius 2 is 1.79 bits per heavy atom. The summed E-state index contributed by atoms with van der Waals surface area (Å²) >= 11 is 0. The maximum Gasteiger partial charge on any atom is 0.00475 e. The minimum absolute atomic E-state index is 0.461. The van der Waals surface area contributed by atoms with E-state index >= 15 is 0 Å². The first-order valence-corrected chi connectivity index (χ1v) is 8.56. The number of likely N-dealkylation sites (tertiary alicyclic amines) is 1. The van der Waals surface area contributed by atoms with E-state index in [4.69, 9.17) is 0 Å². The molecule has 19 heavy (non-hydrogen) atoms. The van der Waals surface area contributed by atoms with Gasteiger partial charge in [0.15, 0.2) is 0 Å². The van der Waals surface area contributed by atoms with Crippen molar-refractivity contribution in [2.75, 3.05) is 32.7 Å². The molecule has 0 radical (unpaired) electrons. The number of nitrogens with one attached hydrogen (secondary N) is 1. The molecule has 0 aromatic carbocycles. The zero-order valence-corrected chi connectivity index (χ0v) is 13.8. The highest BCUT2D eigenvalue weighted by molar-refractivity contribution is 4.83. The van der Waals surface area contributed by atoms with Gasteiger partial charge in [-0.1, -0.05) is 40.5 Å². The van der Waals surface area contributed by atoms with Gasteiger partial charge in [0, 0.05) is 13.1 Å². The van der Waals surface area contributed by atoms with Crippen molar-refractivity contribution in [3.8, 4) is 0 Å². The standard InChI is InChI=1S/C17H36N2/c1-5-10-17(4,14-18-11-6-2)15-19-12-8-16(7-3)9-13-19/h16,18H,5-15H2,1-4H3. The van der Waals surface area contributed by atoms with E-state index in [-0.39, 0.29) is 0 Å². The summed E-state index contributed by atoms with van der Waals surface area (Å²) in [5.41, 5.74) is 0.461. The molecule has 1 aliphatic heterocycles. The lowest BCUT2D eigenvalue weighted by molar-refractivity contribution is 0.110. The Balaban J connectivity index is 2.39. The lowest BCUT2D eigenvalue weighted by Crippen LogP contribution is -2.45. The normalized spacial score (nSPS) is 21.5. The van der Waals surface area contributed by atoms with E-state index in [2.05, 4.69) is 37.9 Å². The fourth-order valence-electron chi connectivity index (χ4n) is 3.49. The molecule has 0 spiro atoms. The summed E-state index contributed by atoms with van der Waals surface area (Å²) in [4.78, 5) is 2.72. The Morgan fingerprint density at radius 3 is 2.32 bits per heavy atom. The van der Waals surface area contributed by atoms with Crippen LogP contribution in [0, 0.1) is 11.3 Å². The molecule has 0 aliphatic carbocycles. The SMILES string of the molecule is CCCNCC(C)(CCC)CN1CCC(CC)CC1. The third kappa shape index (κ3) is 6.27. The van der Waals surface area contributed by atoms with Crippen LogP contribution in [0.2, 0.25) is 0 Å². The highest BCUT2D eigenvalue weighted by atomic mass is 15.1. The maximum atomic E-state index is 3.64. The van der Waals surface area contributed by atoms with E-state index in [9.17, 15) is 0 Å². The summed E-state index contributed by atoms with van der Waals surface area (Å²) < 4.78 is 0. The fourth-order valence-corrected chi connectivity index (χ4v) is 3.49. The quantitative estimate of drug-likeness (QED) is 0.638. The molecule has 1 N–H and O–H groups in total. The van der Waals surface area contributed by atoms with Crippen molar-refractivity contribution in [3.05, 3.63) is 0 Å². The van der Waals surface area contributed by atoms with Crippen LogP contribution >= 0.6 is 0 Å². The van der Waals surface area contributed by atoms with Gasteiger partial charge in [-0.25, -0.2) is 0 Å². The number of rotatable bonds is 9. The molecule has 0 saturated carbocycles. The molecule has 0 bridgehead atoms. The Bertz CT molecular complexity index is 221.